The summed E-state index contributed by atoms with van der Waals surface area (Å²) in [6.45, 7) is 5.95. The van der Waals surface area contributed by atoms with Crippen molar-refractivity contribution in [2.75, 3.05) is 39.7 Å². The lowest BCUT2D eigenvalue weighted by molar-refractivity contribution is 0.0718. The molecule has 0 heterocycles. The molecule has 0 spiro atoms. The summed E-state index contributed by atoms with van der Waals surface area (Å²) in [6, 6.07) is 0. The quantitative estimate of drug-likeness (QED) is 0.141. The van der Waals surface area contributed by atoms with E-state index in [0.29, 0.717) is 13.3 Å². The van der Waals surface area contributed by atoms with Crippen LogP contribution in [0.25, 0.3) is 0 Å². The largest absolute Gasteiger partial charge is 0.395 e. The molecular formula is C24H51NO3. The molecule has 0 atom stereocenters. The molecule has 0 unspecified atom stereocenters. The van der Waals surface area contributed by atoms with E-state index in [9.17, 15) is 0 Å². The van der Waals surface area contributed by atoms with Gasteiger partial charge in [0.25, 0.3) is 0 Å². The molecule has 0 aromatic rings. The molecule has 0 aliphatic rings. The maximum Gasteiger partial charge on any atom is 0.0966 e. The molecule has 4 nitrogen and oxygen atoms in total. The molecule has 0 aromatic heterocycles. The Kier molecular flexibility index (Phi) is 26.7. The third-order valence-electron chi connectivity index (χ3n) is 5.21. The van der Waals surface area contributed by atoms with E-state index in [2.05, 4.69) is 12.2 Å². The van der Waals surface area contributed by atoms with Gasteiger partial charge in [-0.2, -0.15) is 0 Å². The van der Waals surface area contributed by atoms with Crippen LogP contribution >= 0.6 is 0 Å². The first-order valence-electron chi connectivity index (χ1n) is 12.4. The van der Waals surface area contributed by atoms with E-state index in [-0.39, 0.29) is 6.61 Å². The maximum absolute atomic E-state index is 8.61. The number of hydrogen-bond donors (Lipinski definition) is 2. The van der Waals surface area contributed by atoms with E-state index in [1.165, 1.54) is 103 Å². The molecule has 4 heteroatoms. The number of nitrogens with one attached hydrogen (secondary N) is 1. The fourth-order valence-corrected chi connectivity index (χ4v) is 3.41. The van der Waals surface area contributed by atoms with Crippen LogP contribution in [0.3, 0.4) is 0 Å². The second-order valence-electron chi connectivity index (χ2n) is 8.05. The fraction of sp³-hybridized carbons (Fsp3) is 1.00. The molecule has 2 N–H and O–H groups in total. The smallest absolute Gasteiger partial charge is 0.0966 e. The Morgan fingerprint density at radius 2 is 0.964 bits per heavy atom. The Morgan fingerprint density at radius 1 is 0.536 bits per heavy atom. The summed E-state index contributed by atoms with van der Waals surface area (Å²) >= 11 is 0. The highest BCUT2D eigenvalue weighted by Gasteiger charge is 1.95. The molecule has 0 saturated heterocycles. The Morgan fingerprint density at radius 3 is 1.46 bits per heavy atom. The minimum atomic E-state index is 0.159. The molecule has 28 heavy (non-hydrogen) atoms. The van der Waals surface area contributed by atoms with Gasteiger partial charge in [-0.25, -0.2) is 0 Å². The summed E-state index contributed by atoms with van der Waals surface area (Å²) in [5, 5.41) is 11.6. The number of rotatable bonds is 25. The summed E-state index contributed by atoms with van der Waals surface area (Å²) in [4.78, 5) is 0. The van der Waals surface area contributed by atoms with Gasteiger partial charge in [-0.1, -0.05) is 103 Å². The summed E-state index contributed by atoms with van der Waals surface area (Å²) in [6.07, 6.45) is 23.4. The zero-order chi connectivity index (χ0) is 20.4. The van der Waals surface area contributed by atoms with Crippen molar-refractivity contribution in [2.45, 2.75) is 116 Å². The Balaban J connectivity index is 2.96. The van der Waals surface area contributed by atoms with E-state index in [0.717, 1.165) is 26.2 Å². The minimum absolute atomic E-state index is 0.159. The van der Waals surface area contributed by atoms with Crippen molar-refractivity contribution in [3.8, 4) is 0 Å². The molecular weight excluding hydrogens is 350 g/mol. The van der Waals surface area contributed by atoms with Crippen LogP contribution in [0.2, 0.25) is 0 Å². The minimum Gasteiger partial charge on any atom is -0.395 e. The maximum atomic E-state index is 8.61. The number of aliphatic hydroxyl groups excluding tert-OH is 1. The van der Waals surface area contributed by atoms with Crippen LogP contribution in [-0.2, 0) is 9.47 Å². The van der Waals surface area contributed by atoms with Crippen LogP contribution in [0.5, 0.6) is 0 Å². The fourth-order valence-electron chi connectivity index (χ4n) is 3.41. The third-order valence-corrected chi connectivity index (χ3v) is 5.21. The van der Waals surface area contributed by atoms with Gasteiger partial charge in [-0.3, -0.25) is 5.32 Å². The highest BCUT2D eigenvalue weighted by atomic mass is 16.5. The molecule has 0 radical (unpaired) electrons. The molecule has 0 bridgehead atoms. The molecule has 0 amide bonds. The van der Waals surface area contributed by atoms with Crippen molar-refractivity contribution in [1.29, 1.82) is 0 Å². The number of aliphatic hydroxyl groups is 1. The summed E-state index contributed by atoms with van der Waals surface area (Å²) in [5.74, 6) is 0. The van der Waals surface area contributed by atoms with Crippen molar-refractivity contribution < 1.29 is 14.6 Å². The van der Waals surface area contributed by atoms with Crippen molar-refractivity contribution in [2.24, 2.45) is 0 Å². The lowest BCUT2D eigenvalue weighted by atomic mass is 10.0. The Labute approximate surface area is 176 Å². The van der Waals surface area contributed by atoms with E-state index >= 15 is 0 Å². The predicted molar refractivity (Wildman–Crippen MR) is 121 cm³/mol. The summed E-state index contributed by atoms with van der Waals surface area (Å²) in [5.41, 5.74) is 0. The van der Waals surface area contributed by atoms with E-state index < -0.39 is 0 Å². The van der Waals surface area contributed by atoms with Crippen LogP contribution in [0.15, 0.2) is 0 Å². The second-order valence-corrected chi connectivity index (χ2v) is 8.05. The third kappa shape index (κ3) is 25.8. The van der Waals surface area contributed by atoms with Crippen molar-refractivity contribution in [3.05, 3.63) is 0 Å². The van der Waals surface area contributed by atoms with Crippen molar-refractivity contribution in [3.63, 3.8) is 0 Å². The van der Waals surface area contributed by atoms with E-state index in [1.807, 2.05) is 0 Å². The van der Waals surface area contributed by atoms with Gasteiger partial charge < -0.3 is 14.6 Å². The van der Waals surface area contributed by atoms with Crippen LogP contribution < -0.4 is 5.32 Å². The predicted octanol–water partition coefficient (Wildman–Crippen LogP) is 6.21. The van der Waals surface area contributed by atoms with Gasteiger partial charge in [-0.05, 0) is 12.8 Å². The molecule has 170 valence electrons. The highest BCUT2D eigenvalue weighted by Crippen LogP contribution is 2.13. The number of hydrogen-bond acceptors (Lipinski definition) is 4. The zero-order valence-corrected chi connectivity index (χ0v) is 19.0. The van der Waals surface area contributed by atoms with Crippen molar-refractivity contribution >= 4 is 0 Å². The van der Waals surface area contributed by atoms with Crippen LogP contribution in [0, 0.1) is 0 Å². The van der Waals surface area contributed by atoms with E-state index in [1.54, 1.807) is 0 Å². The topological polar surface area (TPSA) is 50.7 Å². The Hall–Kier alpha value is -0.160. The SMILES string of the molecule is CCCCCCCCCCCCCCCCCCOCCCOCNCCO. The molecule has 0 aromatic carbocycles. The summed E-state index contributed by atoms with van der Waals surface area (Å²) in [7, 11) is 0. The molecule has 0 fully saturated rings. The molecule has 0 aliphatic heterocycles. The second kappa shape index (κ2) is 26.8. The monoisotopic (exact) mass is 401 g/mol. The number of ether oxygens (including phenoxy) is 2. The lowest BCUT2D eigenvalue weighted by Crippen LogP contribution is -2.22. The first-order valence-corrected chi connectivity index (χ1v) is 12.4. The number of unbranched alkanes of at least 4 members (excludes halogenated alkanes) is 15. The van der Waals surface area contributed by atoms with Gasteiger partial charge in [0.05, 0.1) is 19.9 Å². The lowest BCUT2D eigenvalue weighted by Gasteiger charge is -2.06. The van der Waals surface area contributed by atoms with Gasteiger partial charge in [0.2, 0.25) is 0 Å². The first kappa shape index (κ1) is 27.8. The summed E-state index contributed by atoms with van der Waals surface area (Å²) < 4.78 is 11.0. The molecule has 0 rings (SSSR count). The highest BCUT2D eigenvalue weighted by molar-refractivity contribution is 4.50. The zero-order valence-electron chi connectivity index (χ0n) is 19.0. The van der Waals surface area contributed by atoms with Gasteiger partial charge in [0, 0.05) is 19.8 Å². The molecule has 0 saturated carbocycles. The van der Waals surface area contributed by atoms with E-state index in [4.69, 9.17) is 14.6 Å². The van der Waals surface area contributed by atoms with Crippen LogP contribution in [0.4, 0.5) is 0 Å². The first-order chi connectivity index (χ1) is 13.9. The normalized spacial score (nSPS) is 11.4. The average molecular weight is 402 g/mol. The Bertz CT molecular complexity index is 238. The van der Waals surface area contributed by atoms with Crippen LogP contribution in [-0.4, -0.2) is 44.8 Å². The van der Waals surface area contributed by atoms with Gasteiger partial charge in [-0.15, -0.1) is 0 Å². The van der Waals surface area contributed by atoms with Crippen LogP contribution in [0.1, 0.15) is 116 Å². The van der Waals surface area contributed by atoms with Crippen molar-refractivity contribution in [1.82, 2.24) is 5.32 Å². The van der Waals surface area contributed by atoms with Gasteiger partial charge >= 0.3 is 0 Å². The molecule has 0 aliphatic carbocycles. The standard InChI is InChI=1S/C24H51NO3/c1-2-3-4-5-6-7-8-9-10-11-12-13-14-15-16-17-21-27-22-18-23-28-24-25-19-20-26/h25-26H,2-24H2,1H3. The van der Waals surface area contributed by atoms with Gasteiger partial charge in [0.1, 0.15) is 0 Å². The average Bonchev–Trinajstić information content (AvgIpc) is 2.71. The van der Waals surface area contributed by atoms with Gasteiger partial charge in [0.15, 0.2) is 0 Å².